The smallest absolute Gasteiger partial charge is 0.0615 e. The second-order valence-electron chi connectivity index (χ2n) is 6.81. The lowest BCUT2D eigenvalue weighted by atomic mass is 9.76. The maximum atomic E-state index is 5.40. The Hall–Kier alpha value is -0.160. The molecule has 4 nitrogen and oxygen atoms in total. The summed E-state index contributed by atoms with van der Waals surface area (Å²) in [6, 6.07) is 1.59. The minimum Gasteiger partial charge on any atom is -0.383 e. The van der Waals surface area contributed by atoms with Crippen LogP contribution in [0, 0.1) is 11.8 Å². The molecule has 1 N–H and O–H groups in total. The van der Waals surface area contributed by atoms with Crippen LogP contribution >= 0.6 is 0 Å². The highest BCUT2D eigenvalue weighted by molar-refractivity contribution is 4.93. The molecule has 126 valence electrons. The van der Waals surface area contributed by atoms with Crippen molar-refractivity contribution in [2.24, 2.45) is 11.8 Å². The fraction of sp³-hybridized carbons (Fsp3) is 1.00. The third kappa shape index (κ3) is 5.51. The van der Waals surface area contributed by atoms with Gasteiger partial charge in [0, 0.05) is 38.9 Å². The predicted octanol–water partition coefficient (Wildman–Crippen LogP) is 2.38. The monoisotopic (exact) mass is 300 g/mol. The van der Waals surface area contributed by atoms with Gasteiger partial charge in [0.1, 0.15) is 0 Å². The fourth-order valence-electron chi connectivity index (χ4n) is 3.73. The van der Waals surface area contributed by atoms with E-state index in [1.54, 1.807) is 14.2 Å². The van der Waals surface area contributed by atoms with Crippen LogP contribution < -0.4 is 5.32 Å². The molecule has 0 aromatic heterocycles. The Morgan fingerprint density at radius 1 is 1.14 bits per heavy atom. The highest BCUT2D eigenvalue weighted by Crippen LogP contribution is 2.33. The van der Waals surface area contributed by atoms with Crippen LogP contribution in [0.3, 0.4) is 0 Å². The van der Waals surface area contributed by atoms with Gasteiger partial charge >= 0.3 is 0 Å². The van der Waals surface area contributed by atoms with Gasteiger partial charge in [-0.2, -0.15) is 0 Å². The van der Waals surface area contributed by atoms with Crippen molar-refractivity contribution < 1.29 is 9.47 Å². The average Bonchev–Trinajstić information content (AvgIpc) is 2.47. The fourth-order valence-corrected chi connectivity index (χ4v) is 3.73. The van der Waals surface area contributed by atoms with Gasteiger partial charge in [-0.1, -0.05) is 13.8 Å². The number of hydrogen-bond acceptors (Lipinski definition) is 4. The lowest BCUT2D eigenvalue weighted by Crippen LogP contribution is -2.57. The number of ether oxygens (including phenoxy) is 2. The molecular weight excluding hydrogens is 264 g/mol. The lowest BCUT2D eigenvalue weighted by molar-refractivity contribution is 0.00974. The zero-order chi connectivity index (χ0) is 15.8. The standard InChI is InChI=1S/C17H36N2O2/c1-13(2)15-7-8-16(18-4)17(11-15)19(9-10-20-5)14(3)12-21-6/h13-18H,7-12H2,1-6H3. The van der Waals surface area contributed by atoms with E-state index in [0.717, 1.165) is 31.6 Å². The zero-order valence-electron chi connectivity index (χ0n) is 14.9. The van der Waals surface area contributed by atoms with E-state index in [2.05, 4.69) is 38.0 Å². The topological polar surface area (TPSA) is 33.7 Å². The first kappa shape index (κ1) is 18.9. The van der Waals surface area contributed by atoms with E-state index in [1.807, 2.05) is 0 Å². The molecule has 0 spiro atoms. The molecule has 1 aliphatic carbocycles. The highest BCUT2D eigenvalue weighted by Gasteiger charge is 2.36. The molecule has 4 unspecified atom stereocenters. The minimum absolute atomic E-state index is 0.428. The van der Waals surface area contributed by atoms with Gasteiger partial charge in [0.2, 0.25) is 0 Å². The van der Waals surface area contributed by atoms with Crippen molar-refractivity contribution in [1.82, 2.24) is 10.2 Å². The molecule has 0 saturated heterocycles. The van der Waals surface area contributed by atoms with Gasteiger partial charge in [-0.15, -0.1) is 0 Å². The molecule has 1 saturated carbocycles. The Morgan fingerprint density at radius 3 is 2.38 bits per heavy atom. The zero-order valence-corrected chi connectivity index (χ0v) is 14.9. The Morgan fingerprint density at radius 2 is 1.86 bits per heavy atom. The predicted molar refractivity (Wildman–Crippen MR) is 88.7 cm³/mol. The Kier molecular flexibility index (Phi) is 8.79. The van der Waals surface area contributed by atoms with E-state index in [-0.39, 0.29) is 0 Å². The van der Waals surface area contributed by atoms with Crippen LogP contribution in [0.5, 0.6) is 0 Å². The molecule has 1 aliphatic rings. The first-order chi connectivity index (χ1) is 10.0. The second-order valence-corrected chi connectivity index (χ2v) is 6.81. The summed E-state index contributed by atoms with van der Waals surface area (Å²) < 4.78 is 10.7. The van der Waals surface area contributed by atoms with Crippen molar-refractivity contribution >= 4 is 0 Å². The summed E-state index contributed by atoms with van der Waals surface area (Å²) in [7, 11) is 5.67. The Balaban J connectivity index is 2.82. The number of likely N-dealkylation sites (N-methyl/N-ethyl adjacent to an activating group) is 1. The van der Waals surface area contributed by atoms with Gasteiger partial charge in [-0.3, -0.25) is 4.90 Å². The molecule has 4 atom stereocenters. The summed E-state index contributed by atoms with van der Waals surface area (Å²) in [6.45, 7) is 9.54. The SMILES string of the molecule is CNC1CCC(C(C)C)CC1N(CCOC)C(C)COC. The van der Waals surface area contributed by atoms with Gasteiger partial charge in [0.25, 0.3) is 0 Å². The number of hydrogen-bond donors (Lipinski definition) is 1. The first-order valence-corrected chi connectivity index (χ1v) is 8.46. The van der Waals surface area contributed by atoms with Crippen molar-refractivity contribution in [1.29, 1.82) is 0 Å². The molecule has 0 aromatic rings. The summed E-state index contributed by atoms with van der Waals surface area (Å²) in [5, 5.41) is 3.54. The molecule has 4 heteroatoms. The van der Waals surface area contributed by atoms with Crippen LogP contribution in [-0.4, -0.2) is 64.1 Å². The van der Waals surface area contributed by atoms with E-state index in [9.17, 15) is 0 Å². The molecule has 0 aromatic carbocycles. The van der Waals surface area contributed by atoms with E-state index >= 15 is 0 Å². The number of methoxy groups -OCH3 is 2. The van der Waals surface area contributed by atoms with Gasteiger partial charge in [-0.05, 0) is 45.1 Å². The maximum absolute atomic E-state index is 5.40. The summed E-state index contributed by atoms with van der Waals surface area (Å²) >= 11 is 0. The van der Waals surface area contributed by atoms with Crippen LogP contribution in [0.15, 0.2) is 0 Å². The summed E-state index contributed by atoms with van der Waals surface area (Å²) in [5.41, 5.74) is 0. The van der Waals surface area contributed by atoms with Gasteiger partial charge in [-0.25, -0.2) is 0 Å². The van der Waals surface area contributed by atoms with Crippen molar-refractivity contribution in [3.05, 3.63) is 0 Å². The van der Waals surface area contributed by atoms with Crippen molar-refractivity contribution in [3.63, 3.8) is 0 Å². The Bertz CT molecular complexity index is 274. The molecule has 0 aliphatic heterocycles. The number of nitrogens with one attached hydrogen (secondary N) is 1. The van der Waals surface area contributed by atoms with Crippen LogP contribution in [0.2, 0.25) is 0 Å². The number of nitrogens with zero attached hydrogens (tertiary/aromatic N) is 1. The minimum atomic E-state index is 0.428. The van der Waals surface area contributed by atoms with Gasteiger partial charge < -0.3 is 14.8 Å². The van der Waals surface area contributed by atoms with Crippen LogP contribution in [0.1, 0.15) is 40.0 Å². The van der Waals surface area contributed by atoms with E-state index in [0.29, 0.717) is 18.1 Å². The summed E-state index contributed by atoms with van der Waals surface area (Å²) in [5.74, 6) is 1.60. The molecular formula is C17H36N2O2. The van der Waals surface area contributed by atoms with Crippen molar-refractivity contribution in [2.45, 2.75) is 58.2 Å². The largest absolute Gasteiger partial charge is 0.383 e. The molecule has 1 rings (SSSR count). The summed E-state index contributed by atoms with van der Waals surface area (Å²) in [6.07, 6.45) is 3.89. The molecule has 1 fully saturated rings. The van der Waals surface area contributed by atoms with E-state index < -0.39 is 0 Å². The second kappa shape index (κ2) is 9.78. The van der Waals surface area contributed by atoms with Gasteiger partial charge in [0.05, 0.1) is 13.2 Å². The third-order valence-electron chi connectivity index (χ3n) is 5.12. The normalized spacial score (nSPS) is 28.3. The first-order valence-electron chi connectivity index (χ1n) is 8.46. The van der Waals surface area contributed by atoms with Gasteiger partial charge in [0.15, 0.2) is 0 Å². The van der Waals surface area contributed by atoms with Crippen molar-refractivity contribution in [3.8, 4) is 0 Å². The molecule has 21 heavy (non-hydrogen) atoms. The van der Waals surface area contributed by atoms with Crippen LogP contribution in [0.4, 0.5) is 0 Å². The van der Waals surface area contributed by atoms with Crippen molar-refractivity contribution in [2.75, 3.05) is 41.0 Å². The molecule has 0 heterocycles. The highest BCUT2D eigenvalue weighted by atomic mass is 16.5. The number of rotatable bonds is 9. The quantitative estimate of drug-likeness (QED) is 0.709. The molecule has 0 amide bonds. The Labute approximate surface area is 131 Å². The molecule has 0 radical (unpaired) electrons. The van der Waals surface area contributed by atoms with Crippen LogP contribution in [0.25, 0.3) is 0 Å². The van der Waals surface area contributed by atoms with Crippen LogP contribution in [-0.2, 0) is 9.47 Å². The lowest BCUT2D eigenvalue weighted by Gasteiger charge is -2.46. The third-order valence-corrected chi connectivity index (χ3v) is 5.12. The maximum Gasteiger partial charge on any atom is 0.0615 e. The average molecular weight is 300 g/mol. The molecule has 0 bridgehead atoms. The summed E-state index contributed by atoms with van der Waals surface area (Å²) in [4.78, 5) is 2.60. The van der Waals surface area contributed by atoms with E-state index in [1.165, 1.54) is 19.3 Å². The van der Waals surface area contributed by atoms with E-state index in [4.69, 9.17) is 9.47 Å².